The zero-order chi connectivity index (χ0) is 17.4. The number of hydrogen-bond donors (Lipinski definition) is 2. The number of halogens is 1. The lowest BCUT2D eigenvalue weighted by Gasteiger charge is -2.29. The molecule has 3 aliphatic carbocycles. The van der Waals surface area contributed by atoms with E-state index in [2.05, 4.69) is 10.6 Å². The van der Waals surface area contributed by atoms with E-state index in [4.69, 9.17) is 0 Å². The van der Waals surface area contributed by atoms with Crippen molar-refractivity contribution in [3.63, 3.8) is 0 Å². The van der Waals surface area contributed by atoms with Crippen molar-refractivity contribution in [2.24, 2.45) is 11.8 Å². The first-order valence-corrected chi connectivity index (χ1v) is 9.43. The second-order valence-electron chi connectivity index (χ2n) is 7.94. The summed E-state index contributed by atoms with van der Waals surface area (Å²) in [5.41, 5.74) is 0.139. The summed E-state index contributed by atoms with van der Waals surface area (Å²) >= 11 is 0. The summed E-state index contributed by atoms with van der Waals surface area (Å²) in [5, 5.41) is 6.11. The van der Waals surface area contributed by atoms with Crippen LogP contribution in [0.25, 0.3) is 0 Å². The van der Waals surface area contributed by atoms with Crippen molar-refractivity contribution in [2.45, 2.75) is 56.4 Å². The Morgan fingerprint density at radius 2 is 1.96 bits per heavy atom. The van der Waals surface area contributed by atoms with Crippen molar-refractivity contribution < 1.29 is 14.0 Å². The molecule has 1 aromatic carbocycles. The molecule has 134 valence electrons. The van der Waals surface area contributed by atoms with Gasteiger partial charge in [0.15, 0.2) is 0 Å². The molecule has 2 N–H and O–H groups in total. The van der Waals surface area contributed by atoms with Gasteiger partial charge in [-0.05, 0) is 61.6 Å². The first-order chi connectivity index (χ1) is 12.1. The second kappa shape index (κ2) is 6.43. The maximum Gasteiger partial charge on any atom is 0.245 e. The van der Waals surface area contributed by atoms with Gasteiger partial charge in [0.1, 0.15) is 11.4 Å². The highest BCUT2D eigenvalue weighted by molar-refractivity contribution is 5.93. The Morgan fingerprint density at radius 1 is 1.20 bits per heavy atom. The van der Waals surface area contributed by atoms with E-state index in [-0.39, 0.29) is 29.5 Å². The standard InChI is InChI=1S/C20H25FN2O2/c21-15-5-3-4-14(10-15)16-11-17(16)18(24)23-20(8-1-2-9-20)19(25)22-12-13-6-7-13/h3-5,10,13,16-17H,1-2,6-9,11-12H2,(H,22,25)(H,23,24)/t16-,17+/m0/s1. The first kappa shape index (κ1) is 16.6. The highest BCUT2D eigenvalue weighted by atomic mass is 19.1. The minimum atomic E-state index is -0.735. The normalized spacial score (nSPS) is 26.9. The summed E-state index contributed by atoms with van der Waals surface area (Å²) in [4.78, 5) is 25.4. The van der Waals surface area contributed by atoms with Crippen LogP contribution in [0.1, 0.15) is 56.4 Å². The van der Waals surface area contributed by atoms with E-state index in [1.54, 1.807) is 6.07 Å². The van der Waals surface area contributed by atoms with Gasteiger partial charge < -0.3 is 10.6 Å². The van der Waals surface area contributed by atoms with Crippen LogP contribution >= 0.6 is 0 Å². The van der Waals surface area contributed by atoms with E-state index in [0.717, 1.165) is 31.4 Å². The molecule has 2 atom stereocenters. The van der Waals surface area contributed by atoms with Gasteiger partial charge in [0, 0.05) is 12.5 Å². The molecule has 0 spiro atoms. The van der Waals surface area contributed by atoms with Gasteiger partial charge in [-0.15, -0.1) is 0 Å². The molecule has 0 aromatic heterocycles. The van der Waals surface area contributed by atoms with Crippen LogP contribution in [0.2, 0.25) is 0 Å². The van der Waals surface area contributed by atoms with Crippen LogP contribution in [-0.4, -0.2) is 23.9 Å². The predicted octanol–water partition coefficient (Wildman–Crippen LogP) is 2.88. The minimum Gasteiger partial charge on any atom is -0.354 e. The number of carbonyl (C=O) groups is 2. The third kappa shape index (κ3) is 3.55. The lowest BCUT2D eigenvalue weighted by atomic mass is 9.95. The van der Waals surface area contributed by atoms with Gasteiger partial charge in [-0.3, -0.25) is 9.59 Å². The minimum absolute atomic E-state index is 0.0202. The second-order valence-corrected chi connectivity index (χ2v) is 7.94. The number of benzene rings is 1. The maximum absolute atomic E-state index is 13.4. The highest BCUT2D eigenvalue weighted by Gasteiger charge is 2.49. The molecule has 3 fully saturated rings. The molecule has 2 amide bonds. The van der Waals surface area contributed by atoms with Crippen LogP contribution in [0, 0.1) is 17.7 Å². The average molecular weight is 344 g/mol. The Labute approximate surface area is 147 Å². The van der Waals surface area contributed by atoms with Gasteiger partial charge in [-0.25, -0.2) is 4.39 Å². The fourth-order valence-corrected chi connectivity index (χ4v) is 4.03. The Balaban J connectivity index is 1.39. The van der Waals surface area contributed by atoms with Crippen LogP contribution in [0.4, 0.5) is 4.39 Å². The molecule has 1 aromatic rings. The lowest BCUT2D eigenvalue weighted by Crippen LogP contribution is -2.57. The molecular formula is C20H25FN2O2. The van der Waals surface area contributed by atoms with Gasteiger partial charge in [0.05, 0.1) is 0 Å². The van der Waals surface area contributed by atoms with E-state index < -0.39 is 5.54 Å². The summed E-state index contributed by atoms with van der Waals surface area (Å²) in [7, 11) is 0. The zero-order valence-electron chi connectivity index (χ0n) is 14.4. The molecule has 4 rings (SSSR count). The van der Waals surface area contributed by atoms with Crippen LogP contribution in [0.3, 0.4) is 0 Å². The van der Waals surface area contributed by atoms with Crippen molar-refractivity contribution in [2.75, 3.05) is 6.54 Å². The fourth-order valence-electron chi connectivity index (χ4n) is 4.03. The molecule has 0 aliphatic heterocycles. The fraction of sp³-hybridized carbons (Fsp3) is 0.600. The number of carbonyl (C=O) groups excluding carboxylic acids is 2. The van der Waals surface area contributed by atoms with Gasteiger partial charge >= 0.3 is 0 Å². The van der Waals surface area contributed by atoms with Crippen LogP contribution in [0.15, 0.2) is 24.3 Å². The lowest BCUT2D eigenvalue weighted by molar-refractivity contribution is -0.134. The Hall–Kier alpha value is -1.91. The molecule has 5 heteroatoms. The summed E-state index contributed by atoms with van der Waals surface area (Å²) in [5.74, 6) is 0.208. The van der Waals surface area contributed by atoms with E-state index in [1.807, 2.05) is 6.07 Å². The van der Waals surface area contributed by atoms with Crippen LogP contribution in [-0.2, 0) is 9.59 Å². The molecule has 3 aliphatic rings. The summed E-state index contributed by atoms with van der Waals surface area (Å²) in [6.07, 6.45) is 6.48. The molecule has 25 heavy (non-hydrogen) atoms. The number of rotatable bonds is 6. The molecular weight excluding hydrogens is 319 g/mol. The maximum atomic E-state index is 13.4. The third-order valence-electron chi connectivity index (χ3n) is 5.91. The molecule has 0 unspecified atom stereocenters. The molecule has 4 nitrogen and oxygen atoms in total. The Kier molecular flexibility index (Phi) is 4.26. The molecule has 0 saturated heterocycles. The van der Waals surface area contributed by atoms with Gasteiger partial charge in [0.2, 0.25) is 11.8 Å². The van der Waals surface area contributed by atoms with Crippen LogP contribution in [0.5, 0.6) is 0 Å². The van der Waals surface area contributed by atoms with E-state index >= 15 is 0 Å². The average Bonchev–Trinajstić information content (AvgIpc) is 3.51. The number of amides is 2. The van der Waals surface area contributed by atoms with E-state index in [0.29, 0.717) is 18.8 Å². The molecule has 0 bridgehead atoms. The summed E-state index contributed by atoms with van der Waals surface area (Å²) in [6, 6.07) is 6.47. The molecule has 0 heterocycles. The van der Waals surface area contributed by atoms with Gasteiger partial charge in [-0.1, -0.05) is 25.0 Å². The van der Waals surface area contributed by atoms with Crippen molar-refractivity contribution in [1.29, 1.82) is 0 Å². The summed E-state index contributed by atoms with van der Waals surface area (Å²) in [6.45, 7) is 0.728. The third-order valence-corrected chi connectivity index (χ3v) is 5.91. The largest absolute Gasteiger partial charge is 0.354 e. The number of hydrogen-bond acceptors (Lipinski definition) is 2. The summed E-state index contributed by atoms with van der Waals surface area (Å²) < 4.78 is 13.4. The molecule has 0 radical (unpaired) electrons. The van der Waals surface area contributed by atoms with Gasteiger partial charge in [-0.2, -0.15) is 0 Å². The number of nitrogens with one attached hydrogen (secondary N) is 2. The monoisotopic (exact) mass is 344 g/mol. The van der Waals surface area contributed by atoms with Crippen molar-refractivity contribution in [3.8, 4) is 0 Å². The van der Waals surface area contributed by atoms with E-state index in [9.17, 15) is 14.0 Å². The van der Waals surface area contributed by atoms with Crippen molar-refractivity contribution in [1.82, 2.24) is 10.6 Å². The van der Waals surface area contributed by atoms with Crippen molar-refractivity contribution >= 4 is 11.8 Å². The SMILES string of the molecule is O=C(NC1(C(=O)NCC2CC2)CCCC1)[C@@H]1C[C@H]1c1cccc(F)c1. The predicted molar refractivity (Wildman–Crippen MR) is 92.3 cm³/mol. The van der Waals surface area contributed by atoms with E-state index in [1.165, 1.54) is 25.0 Å². The smallest absolute Gasteiger partial charge is 0.245 e. The van der Waals surface area contributed by atoms with Crippen LogP contribution < -0.4 is 10.6 Å². The first-order valence-electron chi connectivity index (χ1n) is 9.43. The van der Waals surface area contributed by atoms with Gasteiger partial charge in [0.25, 0.3) is 0 Å². The molecule has 3 saturated carbocycles. The zero-order valence-corrected chi connectivity index (χ0v) is 14.4. The Morgan fingerprint density at radius 3 is 2.64 bits per heavy atom. The Bertz CT molecular complexity index is 680. The quantitative estimate of drug-likeness (QED) is 0.834. The van der Waals surface area contributed by atoms with Crippen molar-refractivity contribution in [3.05, 3.63) is 35.6 Å². The highest BCUT2D eigenvalue weighted by Crippen LogP contribution is 2.48. The topological polar surface area (TPSA) is 58.2 Å².